The molecule has 0 radical (unpaired) electrons. The molecular weight excluding hydrogens is 398 g/mol. The topological polar surface area (TPSA) is 42.2 Å². The average Bonchev–Trinajstić information content (AvgIpc) is 2.53. The van der Waals surface area contributed by atoms with Crippen LogP contribution in [0, 0.1) is 11.3 Å². The molecule has 0 unspecified atom stereocenters. The summed E-state index contributed by atoms with van der Waals surface area (Å²) >= 11 is 6.95. The highest BCUT2D eigenvalue weighted by Gasteiger charge is 2.09. The van der Waals surface area contributed by atoms with Gasteiger partial charge in [-0.15, -0.1) is 0 Å². The summed E-state index contributed by atoms with van der Waals surface area (Å²) in [6.07, 6.45) is 0. The first-order chi connectivity index (χ1) is 10.2. The van der Waals surface area contributed by atoms with Crippen molar-refractivity contribution < 1.29 is 9.47 Å². The van der Waals surface area contributed by atoms with Crippen LogP contribution in [0.5, 0.6) is 11.5 Å². The maximum Gasteiger partial charge on any atom is 0.138 e. The standard InChI is InChI=1S/C16H13Br2NO2/c1-20-15-7-11(5-6-13(15)9-19)10-21-16-12(8-17)3-2-4-14(16)18/h2-7H,8,10H2,1H3. The van der Waals surface area contributed by atoms with Gasteiger partial charge in [-0.25, -0.2) is 0 Å². The van der Waals surface area contributed by atoms with Gasteiger partial charge in [0.1, 0.15) is 24.2 Å². The molecule has 0 N–H and O–H groups in total. The Morgan fingerprint density at radius 2 is 2.05 bits per heavy atom. The van der Waals surface area contributed by atoms with Gasteiger partial charge >= 0.3 is 0 Å². The zero-order valence-corrected chi connectivity index (χ0v) is 14.6. The van der Waals surface area contributed by atoms with Crippen LogP contribution in [-0.2, 0) is 11.9 Å². The molecule has 0 aliphatic carbocycles. The smallest absolute Gasteiger partial charge is 0.138 e. The van der Waals surface area contributed by atoms with Crippen molar-refractivity contribution in [3.05, 3.63) is 57.6 Å². The lowest BCUT2D eigenvalue weighted by atomic mass is 10.1. The largest absolute Gasteiger partial charge is 0.495 e. The van der Waals surface area contributed by atoms with Crippen molar-refractivity contribution in [3.63, 3.8) is 0 Å². The van der Waals surface area contributed by atoms with Gasteiger partial charge in [-0.2, -0.15) is 5.26 Å². The minimum absolute atomic E-state index is 0.407. The molecule has 0 aliphatic rings. The third-order valence-electron chi connectivity index (χ3n) is 2.96. The number of hydrogen-bond donors (Lipinski definition) is 0. The van der Waals surface area contributed by atoms with Crippen molar-refractivity contribution in [2.24, 2.45) is 0 Å². The lowest BCUT2D eigenvalue weighted by Gasteiger charge is -2.13. The van der Waals surface area contributed by atoms with Crippen molar-refractivity contribution in [2.45, 2.75) is 11.9 Å². The molecule has 108 valence electrons. The average molecular weight is 411 g/mol. The fourth-order valence-corrected chi connectivity index (χ4v) is 2.86. The summed E-state index contributed by atoms with van der Waals surface area (Å²) in [4.78, 5) is 0. The lowest BCUT2D eigenvalue weighted by molar-refractivity contribution is 0.301. The van der Waals surface area contributed by atoms with Crippen molar-refractivity contribution >= 4 is 31.9 Å². The third-order valence-corrected chi connectivity index (χ3v) is 4.19. The number of halogens is 2. The van der Waals surface area contributed by atoms with Crippen LogP contribution in [0.4, 0.5) is 0 Å². The highest BCUT2D eigenvalue weighted by atomic mass is 79.9. The molecule has 0 spiro atoms. The van der Waals surface area contributed by atoms with Gasteiger partial charge in [0.15, 0.2) is 0 Å². The third kappa shape index (κ3) is 3.78. The molecule has 0 aromatic heterocycles. The predicted octanol–water partition coefficient (Wildman–Crippen LogP) is 4.80. The fourth-order valence-electron chi connectivity index (χ4n) is 1.89. The Morgan fingerprint density at radius 1 is 1.24 bits per heavy atom. The molecule has 2 aromatic rings. The van der Waals surface area contributed by atoms with Crippen molar-refractivity contribution in [2.75, 3.05) is 7.11 Å². The summed E-state index contributed by atoms with van der Waals surface area (Å²) in [6, 6.07) is 13.4. The first-order valence-corrected chi connectivity index (χ1v) is 8.14. The Kier molecular flexibility index (Phi) is 5.66. The Labute approximate surface area is 140 Å². The van der Waals surface area contributed by atoms with Crippen molar-refractivity contribution in [1.29, 1.82) is 5.26 Å². The van der Waals surface area contributed by atoms with Gasteiger partial charge in [-0.3, -0.25) is 0 Å². The monoisotopic (exact) mass is 409 g/mol. The highest BCUT2D eigenvalue weighted by Crippen LogP contribution is 2.31. The van der Waals surface area contributed by atoms with E-state index >= 15 is 0 Å². The second kappa shape index (κ2) is 7.48. The molecule has 5 heteroatoms. The molecular formula is C16H13Br2NO2. The molecule has 0 saturated carbocycles. The quantitative estimate of drug-likeness (QED) is 0.664. The van der Waals surface area contributed by atoms with Crippen LogP contribution in [0.1, 0.15) is 16.7 Å². The first-order valence-electron chi connectivity index (χ1n) is 6.22. The summed E-state index contributed by atoms with van der Waals surface area (Å²) < 4.78 is 12.0. The zero-order chi connectivity index (χ0) is 15.2. The Balaban J connectivity index is 2.19. The number of nitriles is 1. The van der Waals surface area contributed by atoms with Crippen molar-refractivity contribution in [3.8, 4) is 17.6 Å². The second-order valence-electron chi connectivity index (χ2n) is 4.30. The molecule has 0 saturated heterocycles. The minimum Gasteiger partial charge on any atom is -0.495 e. The fraction of sp³-hybridized carbons (Fsp3) is 0.188. The van der Waals surface area contributed by atoms with Gasteiger partial charge in [0.05, 0.1) is 17.1 Å². The van der Waals surface area contributed by atoms with Gasteiger partial charge in [0.25, 0.3) is 0 Å². The van der Waals surface area contributed by atoms with E-state index in [0.29, 0.717) is 17.9 Å². The molecule has 0 bridgehead atoms. The van der Waals surface area contributed by atoms with E-state index in [0.717, 1.165) is 26.7 Å². The number of rotatable bonds is 5. The number of ether oxygens (including phenoxy) is 2. The van der Waals surface area contributed by atoms with Gasteiger partial charge in [-0.05, 0) is 39.7 Å². The molecule has 3 nitrogen and oxygen atoms in total. The molecule has 2 aromatic carbocycles. The summed E-state index contributed by atoms with van der Waals surface area (Å²) in [5.74, 6) is 1.38. The van der Waals surface area contributed by atoms with E-state index in [9.17, 15) is 0 Å². The van der Waals surface area contributed by atoms with E-state index in [-0.39, 0.29) is 0 Å². The van der Waals surface area contributed by atoms with Crippen LogP contribution in [0.25, 0.3) is 0 Å². The van der Waals surface area contributed by atoms with Crippen LogP contribution in [0.15, 0.2) is 40.9 Å². The van der Waals surface area contributed by atoms with E-state index < -0.39 is 0 Å². The zero-order valence-electron chi connectivity index (χ0n) is 11.4. The van der Waals surface area contributed by atoms with Crippen LogP contribution in [-0.4, -0.2) is 7.11 Å². The maximum absolute atomic E-state index is 8.98. The van der Waals surface area contributed by atoms with Gasteiger partial charge < -0.3 is 9.47 Å². The number of methoxy groups -OCH3 is 1. The molecule has 0 heterocycles. The number of nitrogens with zero attached hydrogens (tertiary/aromatic N) is 1. The molecule has 0 amide bonds. The summed E-state index contributed by atoms with van der Waals surface area (Å²) in [5, 5.41) is 9.70. The van der Waals surface area contributed by atoms with Crippen LogP contribution < -0.4 is 9.47 Å². The molecule has 0 aliphatic heterocycles. The van der Waals surface area contributed by atoms with Crippen molar-refractivity contribution in [1.82, 2.24) is 0 Å². The molecule has 0 fully saturated rings. The minimum atomic E-state index is 0.407. The summed E-state index contributed by atoms with van der Waals surface area (Å²) in [5.41, 5.74) is 2.54. The number of alkyl halides is 1. The van der Waals surface area contributed by atoms with E-state index in [1.165, 1.54) is 0 Å². The van der Waals surface area contributed by atoms with Crippen LogP contribution in [0.3, 0.4) is 0 Å². The Hall–Kier alpha value is -1.51. The second-order valence-corrected chi connectivity index (χ2v) is 5.71. The SMILES string of the molecule is COc1cc(COc2c(Br)cccc2CBr)ccc1C#N. The Morgan fingerprint density at radius 3 is 2.71 bits per heavy atom. The summed E-state index contributed by atoms with van der Waals surface area (Å²) in [6.45, 7) is 0.407. The number of hydrogen-bond acceptors (Lipinski definition) is 3. The maximum atomic E-state index is 8.98. The first kappa shape index (κ1) is 15.9. The van der Waals surface area contributed by atoms with E-state index in [4.69, 9.17) is 14.7 Å². The molecule has 21 heavy (non-hydrogen) atoms. The van der Waals surface area contributed by atoms with Crippen LogP contribution >= 0.6 is 31.9 Å². The number of benzene rings is 2. The van der Waals surface area contributed by atoms with E-state index in [1.54, 1.807) is 13.2 Å². The molecule has 2 rings (SSSR count). The summed E-state index contributed by atoms with van der Waals surface area (Å²) in [7, 11) is 1.55. The number of para-hydroxylation sites is 1. The molecule has 0 atom stereocenters. The van der Waals surface area contributed by atoms with Gasteiger partial charge in [0.2, 0.25) is 0 Å². The van der Waals surface area contributed by atoms with Gasteiger partial charge in [-0.1, -0.05) is 34.1 Å². The van der Waals surface area contributed by atoms with Gasteiger partial charge in [0, 0.05) is 10.9 Å². The predicted molar refractivity (Wildman–Crippen MR) is 88.8 cm³/mol. The normalized spacial score (nSPS) is 10.0. The van der Waals surface area contributed by atoms with E-state index in [2.05, 4.69) is 37.9 Å². The lowest BCUT2D eigenvalue weighted by Crippen LogP contribution is -2.00. The Bertz CT molecular complexity index is 680. The van der Waals surface area contributed by atoms with Crippen LogP contribution in [0.2, 0.25) is 0 Å². The van der Waals surface area contributed by atoms with E-state index in [1.807, 2.05) is 30.3 Å². The highest BCUT2D eigenvalue weighted by molar-refractivity contribution is 9.10.